The fraction of sp³-hybridized carbons (Fsp3) is 0.360. The van der Waals surface area contributed by atoms with Crippen LogP contribution in [0.25, 0.3) is 10.8 Å². The Morgan fingerprint density at radius 2 is 1.70 bits per heavy atom. The smallest absolute Gasteiger partial charge is 0.276 e. The molecule has 0 saturated carbocycles. The lowest BCUT2D eigenvalue weighted by molar-refractivity contribution is -0.130. The van der Waals surface area contributed by atoms with Crippen molar-refractivity contribution in [1.82, 2.24) is 14.7 Å². The Morgan fingerprint density at radius 1 is 1.03 bits per heavy atom. The summed E-state index contributed by atoms with van der Waals surface area (Å²) in [5.41, 5.74) is 1.54. The summed E-state index contributed by atoms with van der Waals surface area (Å²) >= 11 is 1.87. The van der Waals surface area contributed by atoms with E-state index in [9.17, 15) is 14.4 Å². The predicted molar refractivity (Wildman–Crippen MR) is 133 cm³/mol. The molecule has 0 atom stereocenters. The number of benzene rings is 2. The van der Waals surface area contributed by atoms with Crippen molar-refractivity contribution in [3.63, 3.8) is 0 Å². The van der Waals surface area contributed by atoms with Crippen molar-refractivity contribution >= 4 is 40.0 Å². The maximum absolute atomic E-state index is 13.1. The molecule has 0 unspecified atom stereocenters. The Balaban J connectivity index is 1.51. The predicted octanol–water partition coefficient (Wildman–Crippen LogP) is 3.42. The molecule has 0 bridgehead atoms. The highest BCUT2D eigenvalue weighted by molar-refractivity contribution is 7.99. The van der Waals surface area contributed by atoms with Crippen molar-refractivity contribution in [2.75, 3.05) is 29.9 Å². The quantitative estimate of drug-likeness (QED) is 0.604. The number of nitrogens with one attached hydrogen (secondary N) is 1. The minimum absolute atomic E-state index is 0.134. The van der Waals surface area contributed by atoms with Crippen molar-refractivity contribution < 1.29 is 9.59 Å². The van der Waals surface area contributed by atoms with Gasteiger partial charge in [-0.15, -0.1) is 0 Å². The molecule has 3 aromatic rings. The second kappa shape index (κ2) is 10.2. The van der Waals surface area contributed by atoms with Gasteiger partial charge in [0.05, 0.1) is 11.8 Å². The molecule has 1 fully saturated rings. The van der Waals surface area contributed by atoms with Crippen molar-refractivity contribution in [3.05, 3.63) is 70.1 Å². The van der Waals surface area contributed by atoms with Gasteiger partial charge < -0.3 is 10.2 Å². The van der Waals surface area contributed by atoms with Crippen LogP contribution in [0.4, 0.5) is 5.69 Å². The average Bonchev–Trinajstić information content (AvgIpc) is 2.82. The highest BCUT2D eigenvalue weighted by Gasteiger charge is 2.19. The molecule has 172 valence electrons. The van der Waals surface area contributed by atoms with E-state index in [0.717, 1.165) is 30.2 Å². The van der Waals surface area contributed by atoms with Crippen LogP contribution in [0.3, 0.4) is 0 Å². The molecule has 33 heavy (non-hydrogen) atoms. The highest BCUT2D eigenvalue weighted by atomic mass is 32.2. The second-order valence-corrected chi connectivity index (χ2v) is 9.82. The van der Waals surface area contributed by atoms with Gasteiger partial charge in [-0.25, -0.2) is 4.68 Å². The van der Waals surface area contributed by atoms with Crippen molar-refractivity contribution in [2.24, 2.45) is 5.92 Å². The van der Waals surface area contributed by atoms with Crippen LogP contribution < -0.4 is 10.9 Å². The van der Waals surface area contributed by atoms with Gasteiger partial charge in [0.25, 0.3) is 11.5 Å². The summed E-state index contributed by atoms with van der Waals surface area (Å²) in [6.45, 7) is 6.04. The van der Waals surface area contributed by atoms with E-state index >= 15 is 0 Å². The molecule has 0 spiro atoms. The second-order valence-electron chi connectivity index (χ2n) is 8.60. The van der Waals surface area contributed by atoms with Crippen molar-refractivity contribution in [3.8, 4) is 0 Å². The molecule has 4 rings (SSSR count). The summed E-state index contributed by atoms with van der Waals surface area (Å²) in [7, 11) is 0. The SMILES string of the molecule is CC(C)Cn1nc(C(=O)Nc2ccc(CC(=O)N3CCSCC3)cc2)c2ccccc2c1=O. The number of amides is 2. The number of nitrogens with zero attached hydrogens (tertiary/aromatic N) is 3. The van der Waals surface area contributed by atoms with Gasteiger partial charge in [0.15, 0.2) is 5.69 Å². The van der Waals surface area contributed by atoms with E-state index in [-0.39, 0.29) is 29.0 Å². The Bertz CT molecular complexity index is 1210. The van der Waals surface area contributed by atoms with Gasteiger partial charge in [-0.3, -0.25) is 14.4 Å². The standard InChI is InChI=1S/C25H28N4O3S/c1-17(2)16-29-25(32)21-6-4-3-5-20(21)23(27-29)24(31)26-19-9-7-18(8-10-19)15-22(30)28-11-13-33-14-12-28/h3-10,17H,11-16H2,1-2H3,(H,26,31). The first kappa shape index (κ1) is 23.0. The minimum Gasteiger partial charge on any atom is -0.341 e. The van der Waals surface area contributed by atoms with Crippen LogP contribution in [-0.4, -0.2) is 51.1 Å². The molecule has 2 amide bonds. The van der Waals surface area contributed by atoms with Gasteiger partial charge in [-0.05, 0) is 29.7 Å². The lowest BCUT2D eigenvalue weighted by Gasteiger charge is -2.26. The lowest BCUT2D eigenvalue weighted by Crippen LogP contribution is -2.38. The van der Waals surface area contributed by atoms with E-state index in [1.54, 1.807) is 36.4 Å². The molecular formula is C25H28N4O3S. The number of carbonyl (C=O) groups is 2. The normalized spacial score (nSPS) is 14.0. The summed E-state index contributed by atoms with van der Waals surface area (Å²) in [6.07, 6.45) is 0.352. The molecule has 1 N–H and O–H groups in total. The summed E-state index contributed by atoms with van der Waals surface area (Å²) in [5, 5.41) is 8.27. The number of hydrogen-bond acceptors (Lipinski definition) is 5. The molecule has 2 heterocycles. The number of fused-ring (bicyclic) bond motifs is 1. The first-order chi connectivity index (χ1) is 15.9. The summed E-state index contributed by atoms with van der Waals surface area (Å²) in [5.74, 6) is 1.95. The molecule has 7 nitrogen and oxygen atoms in total. The maximum Gasteiger partial charge on any atom is 0.276 e. The maximum atomic E-state index is 13.1. The molecule has 2 aromatic carbocycles. The Morgan fingerprint density at radius 3 is 2.36 bits per heavy atom. The van der Waals surface area contributed by atoms with Crippen LogP contribution in [-0.2, 0) is 17.8 Å². The fourth-order valence-corrected chi connectivity index (χ4v) is 4.77. The number of hydrogen-bond donors (Lipinski definition) is 1. The number of aromatic nitrogens is 2. The van der Waals surface area contributed by atoms with E-state index in [1.165, 1.54) is 4.68 Å². The van der Waals surface area contributed by atoms with Gasteiger partial charge in [0.1, 0.15) is 0 Å². The first-order valence-electron chi connectivity index (χ1n) is 11.2. The zero-order chi connectivity index (χ0) is 23.4. The zero-order valence-corrected chi connectivity index (χ0v) is 19.7. The van der Waals surface area contributed by atoms with Gasteiger partial charge >= 0.3 is 0 Å². The molecule has 0 radical (unpaired) electrons. The Labute approximate surface area is 197 Å². The first-order valence-corrected chi connectivity index (χ1v) is 12.3. The van der Waals surface area contributed by atoms with Gasteiger partial charge in [-0.2, -0.15) is 16.9 Å². The summed E-state index contributed by atoms with van der Waals surface area (Å²) in [4.78, 5) is 40.3. The van der Waals surface area contributed by atoms with Crippen LogP contribution >= 0.6 is 11.8 Å². The Kier molecular flexibility index (Phi) is 7.13. The van der Waals surface area contributed by atoms with Crippen LogP contribution in [0.2, 0.25) is 0 Å². The van der Waals surface area contributed by atoms with E-state index in [0.29, 0.717) is 29.4 Å². The van der Waals surface area contributed by atoms with Gasteiger partial charge in [0.2, 0.25) is 5.91 Å². The number of anilines is 1. The third-order valence-corrected chi connectivity index (χ3v) is 6.49. The van der Waals surface area contributed by atoms with Gasteiger partial charge in [-0.1, -0.05) is 44.2 Å². The summed E-state index contributed by atoms with van der Waals surface area (Å²) in [6, 6.07) is 14.3. The minimum atomic E-state index is -0.377. The van der Waals surface area contributed by atoms with E-state index < -0.39 is 0 Å². The number of rotatable bonds is 6. The van der Waals surface area contributed by atoms with E-state index in [1.807, 2.05) is 42.6 Å². The largest absolute Gasteiger partial charge is 0.341 e. The van der Waals surface area contributed by atoms with Crippen molar-refractivity contribution in [1.29, 1.82) is 0 Å². The summed E-state index contributed by atoms with van der Waals surface area (Å²) < 4.78 is 1.37. The molecular weight excluding hydrogens is 436 g/mol. The molecule has 1 aliphatic rings. The van der Waals surface area contributed by atoms with Crippen molar-refractivity contribution in [2.45, 2.75) is 26.8 Å². The number of thioether (sulfide) groups is 1. The molecule has 1 aliphatic heterocycles. The lowest BCUT2D eigenvalue weighted by atomic mass is 10.1. The van der Waals surface area contributed by atoms with Crippen LogP contribution in [0.1, 0.15) is 29.9 Å². The monoisotopic (exact) mass is 464 g/mol. The molecule has 1 saturated heterocycles. The zero-order valence-electron chi connectivity index (χ0n) is 18.9. The molecule has 1 aromatic heterocycles. The fourth-order valence-electron chi connectivity index (χ4n) is 3.87. The van der Waals surface area contributed by atoms with Crippen LogP contribution in [0, 0.1) is 5.92 Å². The van der Waals surface area contributed by atoms with Crippen LogP contribution in [0.5, 0.6) is 0 Å². The topological polar surface area (TPSA) is 84.3 Å². The molecule has 8 heteroatoms. The van der Waals surface area contributed by atoms with E-state index in [4.69, 9.17) is 0 Å². The van der Waals surface area contributed by atoms with E-state index in [2.05, 4.69) is 10.4 Å². The average molecular weight is 465 g/mol. The third-order valence-electron chi connectivity index (χ3n) is 5.55. The number of carbonyl (C=O) groups excluding carboxylic acids is 2. The van der Waals surface area contributed by atoms with Gasteiger partial charge in [0, 0.05) is 42.2 Å². The van der Waals surface area contributed by atoms with Crippen LogP contribution in [0.15, 0.2) is 53.3 Å². The highest BCUT2D eigenvalue weighted by Crippen LogP contribution is 2.18. The molecule has 0 aliphatic carbocycles. The Hall–Kier alpha value is -3.13. The third kappa shape index (κ3) is 5.45.